The minimum absolute atomic E-state index is 0.528. The summed E-state index contributed by atoms with van der Waals surface area (Å²) in [5.74, 6) is 1.19. The minimum Gasteiger partial charge on any atom is -0.372 e. The number of thioether (sulfide) groups is 1. The molecule has 4 heteroatoms. The molecule has 0 aliphatic carbocycles. The summed E-state index contributed by atoms with van der Waals surface area (Å²) in [5.41, 5.74) is 8.03. The van der Waals surface area contributed by atoms with Gasteiger partial charge in [0.25, 0.3) is 0 Å². The quantitative estimate of drug-likeness (QED) is 0.825. The van der Waals surface area contributed by atoms with E-state index in [4.69, 9.17) is 5.73 Å². The zero-order chi connectivity index (χ0) is 12.0. The van der Waals surface area contributed by atoms with Gasteiger partial charge in [0, 0.05) is 43.3 Å². The average Bonchev–Trinajstić information content (AvgIpc) is 2.34. The molecule has 0 spiro atoms. The predicted octanol–water partition coefficient (Wildman–Crippen LogP) is 2.12. The van der Waals surface area contributed by atoms with Crippen LogP contribution < -0.4 is 10.6 Å². The number of rotatable bonds is 6. The van der Waals surface area contributed by atoms with Crippen LogP contribution in [0.5, 0.6) is 0 Å². The molecule has 1 unspecified atom stereocenters. The molecule has 90 valence electrons. The van der Waals surface area contributed by atoms with Crippen molar-refractivity contribution < 1.29 is 0 Å². The third-order valence-electron chi connectivity index (χ3n) is 2.88. The second-order valence-corrected chi connectivity index (χ2v) is 4.94. The van der Waals surface area contributed by atoms with Crippen LogP contribution in [0.15, 0.2) is 18.5 Å². The van der Waals surface area contributed by atoms with Crippen LogP contribution in [0.25, 0.3) is 0 Å². The van der Waals surface area contributed by atoms with Gasteiger partial charge in [0.15, 0.2) is 0 Å². The number of aromatic nitrogens is 1. The number of nitrogens with two attached hydrogens (primary N) is 1. The monoisotopic (exact) mass is 239 g/mol. The Hall–Kier alpha value is -0.740. The van der Waals surface area contributed by atoms with Gasteiger partial charge in [-0.15, -0.1) is 0 Å². The average molecular weight is 239 g/mol. The Bertz CT molecular complexity index is 317. The zero-order valence-electron chi connectivity index (χ0n) is 10.3. The SMILES string of the molecule is CSCCC(C)N(C)c1ccncc1CN. The van der Waals surface area contributed by atoms with Crippen LogP contribution >= 0.6 is 11.8 Å². The Balaban J connectivity index is 2.74. The van der Waals surface area contributed by atoms with Crippen molar-refractivity contribution in [3.05, 3.63) is 24.0 Å². The van der Waals surface area contributed by atoms with Gasteiger partial charge < -0.3 is 10.6 Å². The smallest absolute Gasteiger partial charge is 0.0442 e. The number of pyridine rings is 1. The van der Waals surface area contributed by atoms with E-state index in [2.05, 4.69) is 30.1 Å². The van der Waals surface area contributed by atoms with Crippen LogP contribution in [-0.4, -0.2) is 30.1 Å². The molecule has 0 fully saturated rings. The van der Waals surface area contributed by atoms with Crippen LogP contribution in [0.4, 0.5) is 5.69 Å². The maximum atomic E-state index is 5.72. The van der Waals surface area contributed by atoms with Gasteiger partial charge in [-0.05, 0) is 31.4 Å². The summed E-state index contributed by atoms with van der Waals surface area (Å²) in [6, 6.07) is 2.57. The maximum Gasteiger partial charge on any atom is 0.0442 e. The van der Waals surface area contributed by atoms with Gasteiger partial charge >= 0.3 is 0 Å². The Morgan fingerprint density at radius 1 is 1.56 bits per heavy atom. The fourth-order valence-corrected chi connectivity index (χ4v) is 2.22. The fraction of sp³-hybridized carbons (Fsp3) is 0.583. The van der Waals surface area contributed by atoms with Crippen molar-refractivity contribution in [1.29, 1.82) is 0 Å². The van der Waals surface area contributed by atoms with Gasteiger partial charge in [-0.1, -0.05) is 0 Å². The van der Waals surface area contributed by atoms with Crippen LogP contribution in [-0.2, 0) is 6.54 Å². The molecule has 1 rings (SSSR count). The standard InChI is InChI=1S/C12H21N3S/c1-10(5-7-16-3)15(2)12-4-6-14-9-11(12)8-13/h4,6,9-10H,5,7-8,13H2,1-3H3. The summed E-state index contributed by atoms with van der Waals surface area (Å²) < 4.78 is 0. The van der Waals surface area contributed by atoms with Crippen molar-refractivity contribution in [2.75, 3.05) is 24.0 Å². The predicted molar refractivity (Wildman–Crippen MR) is 73.0 cm³/mol. The van der Waals surface area contributed by atoms with E-state index in [1.165, 1.54) is 17.9 Å². The highest BCUT2D eigenvalue weighted by atomic mass is 32.2. The van der Waals surface area contributed by atoms with E-state index in [0.717, 1.165) is 5.56 Å². The summed E-state index contributed by atoms with van der Waals surface area (Å²) in [6.45, 7) is 2.79. The molecule has 0 saturated carbocycles. The number of hydrogen-bond acceptors (Lipinski definition) is 4. The summed E-state index contributed by atoms with van der Waals surface area (Å²) in [6.07, 6.45) is 7.01. The molecule has 1 atom stereocenters. The topological polar surface area (TPSA) is 42.2 Å². The summed E-state index contributed by atoms with van der Waals surface area (Å²) in [7, 11) is 2.12. The molecule has 2 N–H and O–H groups in total. The van der Waals surface area contributed by atoms with E-state index in [-0.39, 0.29) is 0 Å². The maximum absolute atomic E-state index is 5.72. The molecule has 3 nitrogen and oxygen atoms in total. The first-order chi connectivity index (χ1) is 7.70. The number of anilines is 1. The van der Waals surface area contributed by atoms with E-state index < -0.39 is 0 Å². The van der Waals surface area contributed by atoms with Gasteiger partial charge in [0.2, 0.25) is 0 Å². The van der Waals surface area contributed by atoms with E-state index in [9.17, 15) is 0 Å². The van der Waals surface area contributed by atoms with Crippen LogP contribution in [0.1, 0.15) is 18.9 Å². The van der Waals surface area contributed by atoms with Crippen molar-refractivity contribution in [3.63, 3.8) is 0 Å². The zero-order valence-corrected chi connectivity index (χ0v) is 11.1. The number of hydrogen-bond donors (Lipinski definition) is 1. The van der Waals surface area contributed by atoms with Crippen molar-refractivity contribution in [1.82, 2.24) is 4.98 Å². The Labute approximate surface area is 102 Å². The van der Waals surface area contributed by atoms with Gasteiger partial charge in [0.1, 0.15) is 0 Å². The largest absolute Gasteiger partial charge is 0.372 e. The lowest BCUT2D eigenvalue weighted by Gasteiger charge is -2.28. The third kappa shape index (κ3) is 3.39. The lowest BCUT2D eigenvalue weighted by molar-refractivity contribution is 0.666. The second-order valence-electron chi connectivity index (χ2n) is 3.95. The third-order valence-corrected chi connectivity index (χ3v) is 3.52. The van der Waals surface area contributed by atoms with Crippen molar-refractivity contribution in [2.24, 2.45) is 5.73 Å². The molecule has 0 radical (unpaired) electrons. The molecule has 1 aromatic rings. The summed E-state index contributed by atoms with van der Waals surface area (Å²) >= 11 is 1.89. The van der Waals surface area contributed by atoms with Crippen LogP contribution in [0.3, 0.4) is 0 Å². The van der Waals surface area contributed by atoms with Crippen molar-refractivity contribution in [2.45, 2.75) is 25.9 Å². The molecule has 0 aliphatic heterocycles. The summed E-state index contributed by atoms with van der Waals surface area (Å²) in [5, 5.41) is 0. The van der Waals surface area contributed by atoms with Gasteiger partial charge in [-0.2, -0.15) is 11.8 Å². The van der Waals surface area contributed by atoms with Crippen molar-refractivity contribution >= 4 is 17.4 Å². The lowest BCUT2D eigenvalue weighted by atomic mass is 10.1. The van der Waals surface area contributed by atoms with E-state index in [1.54, 1.807) is 0 Å². The fourth-order valence-electron chi connectivity index (χ4n) is 1.64. The molecule has 0 aromatic carbocycles. The molecule has 0 aliphatic rings. The molecule has 0 bridgehead atoms. The normalized spacial score (nSPS) is 12.5. The van der Waals surface area contributed by atoms with E-state index in [0.29, 0.717) is 12.6 Å². The van der Waals surface area contributed by atoms with E-state index in [1.807, 2.05) is 30.2 Å². The Morgan fingerprint density at radius 2 is 2.31 bits per heavy atom. The minimum atomic E-state index is 0.528. The first-order valence-electron chi connectivity index (χ1n) is 5.55. The molecule has 0 saturated heterocycles. The molecular weight excluding hydrogens is 218 g/mol. The number of nitrogens with zero attached hydrogens (tertiary/aromatic N) is 2. The first kappa shape index (κ1) is 13.3. The molecule has 16 heavy (non-hydrogen) atoms. The lowest BCUT2D eigenvalue weighted by Crippen LogP contribution is -2.30. The molecular formula is C12H21N3S. The van der Waals surface area contributed by atoms with Crippen molar-refractivity contribution in [3.8, 4) is 0 Å². The Kier molecular flexibility index (Phi) is 5.63. The molecule has 1 aromatic heterocycles. The van der Waals surface area contributed by atoms with Crippen LogP contribution in [0, 0.1) is 0 Å². The molecule has 0 amide bonds. The highest BCUT2D eigenvalue weighted by Crippen LogP contribution is 2.21. The van der Waals surface area contributed by atoms with E-state index >= 15 is 0 Å². The molecule has 1 heterocycles. The van der Waals surface area contributed by atoms with Gasteiger partial charge in [-0.3, -0.25) is 4.98 Å². The second kappa shape index (κ2) is 6.76. The first-order valence-corrected chi connectivity index (χ1v) is 6.94. The highest BCUT2D eigenvalue weighted by molar-refractivity contribution is 7.98. The van der Waals surface area contributed by atoms with Crippen LogP contribution in [0.2, 0.25) is 0 Å². The summed E-state index contributed by atoms with van der Waals surface area (Å²) in [4.78, 5) is 6.40. The Morgan fingerprint density at radius 3 is 2.94 bits per heavy atom. The van der Waals surface area contributed by atoms with Gasteiger partial charge in [-0.25, -0.2) is 0 Å². The van der Waals surface area contributed by atoms with Gasteiger partial charge in [0.05, 0.1) is 0 Å². The highest BCUT2D eigenvalue weighted by Gasteiger charge is 2.12.